The van der Waals surface area contributed by atoms with E-state index >= 15 is 4.39 Å². The molecule has 4 aliphatic rings. The number of likely N-dealkylation sites (N-methyl/N-ethyl adjacent to an activating group) is 1. The summed E-state index contributed by atoms with van der Waals surface area (Å²) in [5.41, 5.74) is 4.29. The lowest BCUT2D eigenvalue weighted by atomic mass is 9.71. The number of hydrogen-bond donors (Lipinski definition) is 2. The Labute approximate surface area is 308 Å². The van der Waals surface area contributed by atoms with E-state index in [1.165, 1.54) is 16.3 Å². The standard InChI is InChI=1S/C39H47ClFN7O4/c1-24-18-33(31(41)20-30(24)29-8-9-34(49)44-36(29)50)47-14-10-39(11-15-47)12-16-48(17-13-39)37(51)26-6-4-25(5-7-26)27-19-28(23-45(2)22-27)43-32-21-42-46(3)38(52)35(32)40/h4-7,18,20-21,27-29,43H,8-17,19,22-23H2,1-3H3,(H,44,49,50)/t27-,28+,29?/m1/s1. The Morgan fingerprint density at radius 2 is 1.69 bits per heavy atom. The Bertz CT molecular complexity index is 1920. The van der Waals surface area contributed by atoms with Crippen molar-refractivity contribution in [3.8, 4) is 0 Å². The van der Waals surface area contributed by atoms with Crippen LogP contribution in [-0.4, -0.2) is 89.7 Å². The fourth-order valence-electron chi connectivity index (χ4n) is 8.77. The fraction of sp³-hybridized carbons (Fsp3) is 0.513. The van der Waals surface area contributed by atoms with Crippen LogP contribution in [0.25, 0.3) is 0 Å². The maximum Gasteiger partial charge on any atom is 0.287 e. The molecule has 3 amide bonds. The van der Waals surface area contributed by atoms with Gasteiger partial charge in [0.15, 0.2) is 0 Å². The lowest BCUT2D eigenvalue weighted by Gasteiger charge is -2.47. The third-order valence-corrected chi connectivity index (χ3v) is 12.3. The average Bonchev–Trinajstić information content (AvgIpc) is 3.13. The number of imide groups is 1. The summed E-state index contributed by atoms with van der Waals surface area (Å²) in [6.45, 7) is 6.49. The van der Waals surface area contributed by atoms with Gasteiger partial charge in [-0.3, -0.25) is 24.5 Å². The second-order valence-electron chi connectivity index (χ2n) is 15.4. The summed E-state index contributed by atoms with van der Waals surface area (Å²) < 4.78 is 16.7. The summed E-state index contributed by atoms with van der Waals surface area (Å²) in [7, 11) is 3.65. The molecule has 276 valence electrons. The van der Waals surface area contributed by atoms with Crippen molar-refractivity contribution in [2.75, 3.05) is 56.5 Å². The quantitative estimate of drug-likeness (QED) is 0.347. The third kappa shape index (κ3) is 7.32. The molecule has 1 spiro atoms. The molecule has 1 unspecified atom stereocenters. The van der Waals surface area contributed by atoms with Gasteiger partial charge in [-0.2, -0.15) is 5.10 Å². The van der Waals surface area contributed by atoms with Crippen molar-refractivity contribution in [2.45, 2.75) is 69.7 Å². The Balaban J connectivity index is 0.923. The summed E-state index contributed by atoms with van der Waals surface area (Å²) in [5, 5.41) is 10.1. The van der Waals surface area contributed by atoms with Gasteiger partial charge in [-0.25, -0.2) is 9.07 Å². The number of anilines is 2. The third-order valence-electron chi connectivity index (χ3n) is 11.9. The van der Waals surface area contributed by atoms with Crippen LogP contribution >= 0.6 is 11.6 Å². The summed E-state index contributed by atoms with van der Waals surface area (Å²) in [5.74, 6) is -1.17. The summed E-state index contributed by atoms with van der Waals surface area (Å²) in [6.07, 6.45) is 6.83. The van der Waals surface area contributed by atoms with Crippen LogP contribution in [0.3, 0.4) is 0 Å². The number of nitrogens with one attached hydrogen (secondary N) is 2. The molecule has 4 fully saturated rings. The van der Waals surface area contributed by atoms with E-state index in [4.69, 9.17) is 11.6 Å². The van der Waals surface area contributed by atoms with Crippen LogP contribution in [-0.2, 0) is 16.6 Å². The lowest BCUT2D eigenvalue weighted by Crippen LogP contribution is -2.48. The number of rotatable bonds is 6. The average molecular weight is 732 g/mol. The minimum absolute atomic E-state index is 0.0561. The molecule has 2 aromatic carbocycles. The van der Waals surface area contributed by atoms with Crippen LogP contribution in [0, 0.1) is 18.2 Å². The van der Waals surface area contributed by atoms with Crippen molar-refractivity contribution >= 4 is 40.7 Å². The minimum atomic E-state index is -0.510. The van der Waals surface area contributed by atoms with Crippen molar-refractivity contribution in [2.24, 2.45) is 12.5 Å². The Hall–Kier alpha value is -4.29. The zero-order chi connectivity index (χ0) is 36.7. The monoisotopic (exact) mass is 731 g/mol. The first-order valence-electron chi connectivity index (χ1n) is 18.3. The van der Waals surface area contributed by atoms with Gasteiger partial charge in [0.25, 0.3) is 11.5 Å². The summed E-state index contributed by atoms with van der Waals surface area (Å²) in [6, 6.07) is 11.4. The largest absolute Gasteiger partial charge is 0.378 e. The molecule has 4 aliphatic heterocycles. The van der Waals surface area contributed by atoms with Gasteiger partial charge in [0, 0.05) is 64.3 Å². The minimum Gasteiger partial charge on any atom is -0.378 e. The molecule has 3 atom stereocenters. The predicted octanol–water partition coefficient (Wildman–Crippen LogP) is 4.82. The molecule has 1 aromatic heterocycles. The van der Waals surface area contributed by atoms with E-state index < -0.39 is 5.92 Å². The highest BCUT2D eigenvalue weighted by Gasteiger charge is 2.39. The topological polar surface area (TPSA) is 120 Å². The smallest absolute Gasteiger partial charge is 0.287 e. The number of piperidine rings is 4. The molecule has 13 heteroatoms. The summed E-state index contributed by atoms with van der Waals surface area (Å²) >= 11 is 6.32. The molecule has 5 heterocycles. The van der Waals surface area contributed by atoms with Gasteiger partial charge in [0.05, 0.1) is 23.5 Å². The van der Waals surface area contributed by atoms with Crippen molar-refractivity contribution in [3.05, 3.63) is 86.0 Å². The van der Waals surface area contributed by atoms with Gasteiger partial charge in [-0.05, 0) is 105 Å². The zero-order valence-electron chi connectivity index (χ0n) is 30.1. The normalized spacial score (nSPS) is 23.8. The van der Waals surface area contributed by atoms with Crippen LogP contribution in [0.5, 0.6) is 0 Å². The van der Waals surface area contributed by atoms with Crippen molar-refractivity contribution < 1.29 is 18.8 Å². The van der Waals surface area contributed by atoms with E-state index in [0.29, 0.717) is 42.0 Å². The number of aryl methyl sites for hydroxylation is 2. The molecule has 2 N–H and O–H groups in total. The number of likely N-dealkylation sites (tertiary alicyclic amines) is 2. The molecule has 0 bridgehead atoms. The predicted molar refractivity (Wildman–Crippen MR) is 198 cm³/mol. The van der Waals surface area contributed by atoms with E-state index in [1.54, 1.807) is 13.2 Å². The molecular formula is C39H47ClFN7O4. The van der Waals surface area contributed by atoms with E-state index in [0.717, 1.165) is 63.8 Å². The number of carbonyl (C=O) groups excluding carboxylic acids is 3. The second kappa shape index (κ2) is 14.6. The molecule has 4 saturated heterocycles. The van der Waals surface area contributed by atoms with E-state index in [2.05, 4.69) is 44.7 Å². The Morgan fingerprint density at radius 3 is 2.38 bits per heavy atom. The van der Waals surface area contributed by atoms with Crippen LogP contribution in [0.1, 0.15) is 83.8 Å². The van der Waals surface area contributed by atoms with Gasteiger partial charge in [0.1, 0.15) is 10.8 Å². The molecule has 7 rings (SSSR count). The van der Waals surface area contributed by atoms with Crippen LogP contribution < -0.4 is 21.1 Å². The van der Waals surface area contributed by atoms with Crippen molar-refractivity contribution in [1.82, 2.24) is 24.9 Å². The lowest BCUT2D eigenvalue weighted by molar-refractivity contribution is -0.134. The summed E-state index contributed by atoms with van der Waals surface area (Å²) in [4.78, 5) is 56.2. The molecule has 0 saturated carbocycles. The number of benzene rings is 2. The maximum absolute atomic E-state index is 15.5. The molecular weight excluding hydrogens is 685 g/mol. The first-order valence-corrected chi connectivity index (χ1v) is 18.7. The fourth-order valence-corrected chi connectivity index (χ4v) is 9.00. The van der Waals surface area contributed by atoms with E-state index in [-0.39, 0.29) is 57.9 Å². The zero-order valence-corrected chi connectivity index (χ0v) is 30.8. The van der Waals surface area contributed by atoms with Crippen molar-refractivity contribution in [1.29, 1.82) is 0 Å². The SMILES string of the molecule is Cc1cc(N2CCC3(CCN(C(=O)c4ccc([C@@H]5C[C@H](Nc6cnn(C)c(=O)c6Cl)CN(C)C5)cc4)CC3)CC2)c(F)cc1C1CCC(=O)NC1=O. The van der Waals surface area contributed by atoms with Gasteiger partial charge in [0.2, 0.25) is 11.8 Å². The molecule has 0 radical (unpaired) electrons. The molecule has 0 aliphatic carbocycles. The van der Waals surface area contributed by atoms with E-state index in [9.17, 15) is 19.2 Å². The van der Waals surface area contributed by atoms with Gasteiger partial charge in [-0.15, -0.1) is 0 Å². The number of halogens is 2. The highest BCUT2D eigenvalue weighted by molar-refractivity contribution is 6.32. The molecule has 3 aromatic rings. The number of nitrogens with zero attached hydrogens (tertiary/aromatic N) is 5. The van der Waals surface area contributed by atoms with Crippen LogP contribution in [0.15, 0.2) is 47.4 Å². The number of carbonyl (C=O) groups is 3. The highest BCUT2D eigenvalue weighted by atomic mass is 35.5. The second-order valence-corrected chi connectivity index (χ2v) is 15.7. The van der Waals surface area contributed by atoms with E-state index in [1.807, 2.05) is 30.0 Å². The highest BCUT2D eigenvalue weighted by Crippen LogP contribution is 2.43. The molecule has 52 heavy (non-hydrogen) atoms. The van der Waals surface area contributed by atoms with Gasteiger partial charge >= 0.3 is 0 Å². The first-order chi connectivity index (χ1) is 24.9. The van der Waals surface area contributed by atoms with Crippen LogP contribution in [0.2, 0.25) is 5.02 Å². The Morgan fingerprint density at radius 1 is 1.00 bits per heavy atom. The van der Waals surface area contributed by atoms with Crippen LogP contribution in [0.4, 0.5) is 15.8 Å². The number of hydrogen-bond acceptors (Lipinski definition) is 8. The van der Waals surface area contributed by atoms with Gasteiger partial charge in [-0.1, -0.05) is 23.7 Å². The van der Waals surface area contributed by atoms with Crippen molar-refractivity contribution in [3.63, 3.8) is 0 Å². The molecule has 11 nitrogen and oxygen atoms in total. The first kappa shape index (κ1) is 36.1. The number of amides is 3. The maximum atomic E-state index is 15.5. The number of aromatic nitrogens is 2. The van der Waals surface area contributed by atoms with Gasteiger partial charge < -0.3 is 20.0 Å². The Kier molecular flexibility index (Phi) is 10.1.